The second kappa shape index (κ2) is 5.71. The Bertz CT molecular complexity index is 758. The number of aromatic carboxylic acids is 1. The zero-order valence-electron chi connectivity index (χ0n) is 11.0. The number of aryl methyl sites for hydroxylation is 1. The molecule has 21 heavy (non-hydrogen) atoms. The van der Waals surface area contributed by atoms with Gasteiger partial charge in [-0.2, -0.15) is 0 Å². The monoisotopic (exact) mass is 321 g/mol. The van der Waals surface area contributed by atoms with Crippen molar-refractivity contribution in [3.63, 3.8) is 0 Å². The van der Waals surface area contributed by atoms with E-state index in [4.69, 9.17) is 14.3 Å². The van der Waals surface area contributed by atoms with Crippen molar-refractivity contribution in [1.82, 2.24) is 4.98 Å². The third kappa shape index (κ3) is 2.84. The van der Waals surface area contributed by atoms with Crippen LogP contribution in [0.2, 0.25) is 0 Å². The predicted octanol–water partition coefficient (Wildman–Crippen LogP) is 4.05. The first-order chi connectivity index (χ1) is 10.1. The van der Waals surface area contributed by atoms with Crippen molar-refractivity contribution in [2.24, 2.45) is 0 Å². The molecule has 0 unspecified atom stereocenters. The van der Waals surface area contributed by atoms with E-state index >= 15 is 0 Å². The summed E-state index contributed by atoms with van der Waals surface area (Å²) in [7, 11) is 0. The summed E-state index contributed by atoms with van der Waals surface area (Å²) in [5.41, 5.74) is 0.668. The van der Waals surface area contributed by atoms with Gasteiger partial charge in [0, 0.05) is 0 Å². The van der Waals surface area contributed by atoms with Crippen LogP contribution in [-0.4, -0.2) is 16.1 Å². The van der Waals surface area contributed by atoms with Gasteiger partial charge in [0.05, 0.1) is 4.88 Å². The number of nitrogens with zero attached hydrogens (tertiary/aromatic N) is 1. The molecule has 0 saturated carbocycles. The summed E-state index contributed by atoms with van der Waals surface area (Å²) in [6.45, 7) is 1.99. The van der Waals surface area contributed by atoms with E-state index in [1.165, 1.54) is 0 Å². The minimum Gasteiger partial charge on any atom is -0.485 e. The minimum atomic E-state index is -0.990. The minimum absolute atomic E-state index is 0.178. The molecule has 0 fully saturated rings. The average Bonchev–Trinajstić information content (AvgIpc) is 3.17. The van der Waals surface area contributed by atoms with E-state index in [0.717, 1.165) is 16.2 Å². The molecule has 3 aromatic heterocycles. The number of hydrogen-bond acceptors (Lipinski definition) is 6. The van der Waals surface area contributed by atoms with Crippen molar-refractivity contribution in [2.75, 3.05) is 0 Å². The summed E-state index contributed by atoms with van der Waals surface area (Å²) < 4.78 is 11.2. The lowest BCUT2D eigenvalue weighted by Crippen LogP contribution is -2.01. The summed E-state index contributed by atoms with van der Waals surface area (Å²) in [6, 6.07) is 5.51. The van der Waals surface area contributed by atoms with Crippen molar-refractivity contribution < 1.29 is 19.1 Å². The second-order valence-corrected chi connectivity index (χ2v) is 6.07. The van der Waals surface area contributed by atoms with Crippen LogP contribution >= 0.6 is 22.7 Å². The quantitative estimate of drug-likeness (QED) is 0.767. The fourth-order valence-corrected chi connectivity index (χ4v) is 3.10. The predicted molar refractivity (Wildman–Crippen MR) is 80.2 cm³/mol. The highest BCUT2D eigenvalue weighted by Crippen LogP contribution is 2.28. The number of thiophene rings is 2. The van der Waals surface area contributed by atoms with E-state index in [-0.39, 0.29) is 11.5 Å². The third-order valence-electron chi connectivity index (χ3n) is 2.81. The summed E-state index contributed by atoms with van der Waals surface area (Å²) in [6.07, 6.45) is 0. The molecule has 3 aromatic rings. The Morgan fingerprint density at radius 1 is 1.38 bits per heavy atom. The van der Waals surface area contributed by atoms with Gasteiger partial charge in [-0.1, -0.05) is 6.07 Å². The van der Waals surface area contributed by atoms with Gasteiger partial charge in [-0.25, -0.2) is 9.78 Å². The van der Waals surface area contributed by atoms with Crippen molar-refractivity contribution in [2.45, 2.75) is 13.5 Å². The molecule has 0 saturated heterocycles. The molecular formula is C14H11NO4S2. The number of carboxylic acid groups (broad SMARTS) is 1. The lowest BCUT2D eigenvalue weighted by molar-refractivity contribution is 0.0697. The number of rotatable bonds is 5. The van der Waals surface area contributed by atoms with Gasteiger partial charge in [0.2, 0.25) is 5.89 Å². The normalized spacial score (nSPS) is 10.7. The van der Waals surface area contributed by atoms with Crippen molar-refractivity contribution in [3.8, 4) is 16.5 Å². The Kier molecular flexibility index (Phi) is 3.76. The first-order valence-corrected chi connectivity index (χ1v) is 7.85. The topological polar surface area (TPSA) is 72.6 Å². The highest BCUT2D eigenvalue weighted by atomic mass is 32.1. The highest BCUT2D eigenvalue weighted by molar-refractivity contribution is 7.13. The maximum Gasteiger partial charge on any atom is 0.349 e. The number of hydrogen-bond donors (Lipinski definition) is 1. The Hall–Kier alpha value is -2.12. The number of carboxylic acids is 1. The molecule has 0 aliphatic carbocycles. The Balaban J connectivity index is 1.77. The molecule has 0 aliphatic heterocycles. The van der Waals surface area contributed by atoms with Gasteiger partial charge in [0.15, 0.2) is 4.88 Å². The van der Waals surface area contributed by atoms with E-state index in [9.17, 15) is 4.79 Å². The van der Waals surface area contributed by atoms with E-state index in [2.05, 4.69) is 4.98 Å². The first-order valence-electron chi connectivity index (χ1n) is 6.09. The van der Waals surface area contributed by atoms with Crippen LogP contribution in [0, 0.1) is 6.92 Å². The van der Waals surface area contributed by atoms with E-state index in [0.29, 0.717) is 23.1 Å². The zero-order valence-corrected chi connectivity index (χ0v) is 12.7. The molecule has 0 amide bonds. The number of oxazole rings is 1. The summed E-state index contributed by atoms with van der Waals surface area (Å²) in [5, 5.41) is 12.7. The molecule has 0 aliphatic rings. The van der Waals surface area contributed by atoms with Gasteiger partial charge in [0.1, 0.15) is 23.8 Å². The molecule has 3 rings (SSSR count). The summed E-state index contributed by atoms with van der Waals surface area (Å²) >= 11 is 2.68. The second-order valence-electron chi connectivity index (χ2n) is 4.21. The van der Waals surface area contributed by atoms with Crippen LogP contribution in [0.4, 0.5) is 0 Å². The lowest BCUT2D eigenvalue weighted by atomic mass is 10.4. The maximum absolute atomic E-state index is 11.0. The van der Waals surface area contributed by atoms with Crippen LogP contribution < -0.4 is 4.74 Å². The van der Waals surface area contributed by atoms with Gasteiger partial charge in [-0.3, -0.25) is 0 Å². The molecule has 0 bridgehead atoms. The number of aromatic nitrogens is 1. The fourth-order valence-electron chi connectivity index (χ4n) is 1.78. The van der Waals surface area contributed by atoms with E-state index in [1.807, 2.05) is 24.4 Å². The molecular weight excluding hydrogens is 310 g/mol. The Morgan fingerprint density at radius 2 is 2.24 bits per heavy atom. The Labute approximate surface area is 128 Å². The van der Waals surface area contributed by atoms with Crippen molar-refractivity contribution in [3.05, 3.63) is 45.3 Å². The molecule has 108 valence electrons. The average molecular weight is 321 g/mol. The van der Waals surface area contributed by atoms with E-state index < -0.39 is 5.97 Å². The molecule has 0 spiro atoms. The molecule has 3 heterocycles. The molecule has 5 nitrogen and oxygen atoms in total. The largest absolute Gasteiger partial charge is 0.485 e. The maximum atomic E-state index is 11.0. The third-order valence-corrected chi connectivity index (χ3v) is 4.55. The van der Waals surface area contributed by atoms with Gasteiger partial charge < -0.3 is 14.3 Å². The number of ether oxygens (including phenoxy) is 1. The zero-order chi connectivity index (χ0) is 14.8. The van der Waals surface area contributed by atoms with Crippen LogP contribution in [0.25, 0.3) is 10.8 Å². The Morgan fingerprint density at radius 3 is 2.95 bits per heavy atom. The molecule has 7 heteroatoms. The van der Waals surface area contributed by atoms with Crippen molar-refractivity contribution >= 4 is 28.6 Å². The summed E-state index contributed by atoms with van der Waals surface area (Å²) in [5.74, 6) is 0.596. The van der Waals surface area contributed by atoms with Crippen molar-refractivity contribution in [1.29, 1.82) is 0 Å². The van der Waals surface area contributed by atoms with Gasteiger partial charge in [0.25, 0.3) is 0 Å². The standard InChI is InChI=1S/C14H11NO4S2/c1-8-9(15-13(19-8)11-3-2-5-20-11)7-18-10-4-6-21-12(10)14(16)17/h2-6H,7H2,1H3,(H,16,17). The van der Waals surface area contributed by atoms with Crippen LogP contribution in [-0.2, 0) is 6.61 Å². The highest BCUT2D eigenvalue weighted by Gasteiger charge is 2.16. The fraction of sp³-hybridized carbons (Fsp3) is 0.143. The SMILES string of the molecule is Cc1oc(-c2cccs2)nc1COc1ccsc1C(=O)O. The molecule has 1 N–H and O–H groups in total. The van der Waals surface area contributed by atoms with Crippen LogP contribution in [0.15, 0.2) is 33.4 Å². The lowest BCUT2D eigenvalue weighted by Gasteiger charge is -2.03. The van der Waals surface area contributed by atoms with Gasteiger partial charge in [-0.05, 0) is 29.8 Å². The van der Waals surface area contributed by atoms with E-state index in [1.54, 1.807) is 22.8 Å². The van der Waals surface area contributed by atoms with Gasteiger partial charge >= 0.3 is 5.97 Å². The molecule has 0 atom stereocenters. The van der Waals surface area contributed by atoms with Crippen LogP contribution in [0.1, 0.15) is 21.1 Å². The molecule has 0 aromatic carbocycles. The van der Waals surface area contributed by atoms with Gasteiger partial charge in [-0.15, -0.1) is 22.7 Å². The van der Waals surface area contributed by atoms with Crippen LogP contribution in [0.5, 0.6) is 5.75 Å². The molecule has 0 radical (unpaired) electrons. The smallest absolute Gasteiger partial charge is 0.349 e. The first kappa shape index (κ1) is 13.8. The van der Waals surface area contributed by atoms with Crippen LogP contribution in [0.3, 0.4) is 0 Å². The summed E-state index contributed by atoms with van der Waals surface area (Å²) in [4.78, 5) is 16.6. The number of carbonyl (C=O) groups is 1.